The van der Waals surface area contributed by atoms with Crippen LogP contribution in [0.5, 0.6) is 0 Å². The zero-order chi connectivity index (χ0) is 25.0. The van der Waals surface area contributed by atoms with Gasteiger partial charge in [0.05, 0.1) is 16.5 Å². The Balaban J connectivity index is 1.55. The molecule has 0 amide bonds. The Bertz CT molecular complexity index is 1060. The van der Waals surface area contributed by atoms with E-state index in [9.17, 15) is 9.59 Å². The third kappa shape index (κ3) is 8.43. The summed E-state index contributed by atoms with van der Waals surface area (Å²) in [5, 5.41) is 2.06. The summed E-state index contributed by atoms with van der Waals surface area (Å²) in [4.78, 5) is 28.8. The van der Waals surface area contributed by atoms with E-state index in [-0.39, 0.29) is 17.9 Å². The second kappa shape index (κ2) is 14.4. The van der Waals surface area contributed by atoms with Crippen LogP contribution in [-0.4, -0.2) is 17.9 Å². The average molecular weight is 511 g/mol. The maximum atomic E-state index is 13.0. The van der Waals surface area contributed by atoms with Crippen molar-refractivity contribution in [3.63, 3.8) is 0 Å². The van der Waals surface area contributed by atoms with Gasteiger partial charge in [-0.3, -0.25) is 4.79 Å². The van der Waals surface area contributed by atoms with Crippen LogP contribution in [-0.2, 0) is 11.2 Å². The number of ether oxygens (including phenoxy) is 1. The van der Waals surface area contributed by atoms with Crippen molar-refractivity contribution in [2.24, 2.45) is 0 Å². The molecule has 1 atom stereocenters. The Labute approximate surface area is 218 Å². The molecule has 2 heterocycles. The van der Waals surface area contributed by atoms with E-state index < -0.39 is 0 Å². The maximum absolute atomic E-state index is 13.0. The van der Waals surface area contributed by atoms with Gasteiger partial charge in [-0.05, 0) is 62.9 Å². The standard InChI is InChI=1S/C30H38O3S2/c1-4-6-8-10-12-22(3)33-30(32)24-16-14-23(15-17-24)29(31)28-20-25(21-34-28)27-19-18-26(35-27)13-11-9-7-5-2/h14-22H,4-13H2,1-3H3/t22-/m0/s1. The van der Waals surface area contributed by atoms with Crippen molar-refractivity contribution < 1.29 is 14.3 Å². The summed E-state index contributed by atoms with van der Waals surface area (Å²) < 4.78 is 5.57. The molecule has 0 aliphatic rings. The number of thiophene rings is 2. The zero-order valence-electron chi connectivity index (χ0n) is 21.3. The number of rotatable bonds is 15. The van der Waals surface area contributed by atoms with Crippen molar-refractivity contribution in [3.8, 4) is 10.4 Å². The number of carbonyl (C=O) groups excluding carboxylic acids is 2. The Kier molecular flexibility index (Phi) is 11.2. The number of hydrogen-bond acceptors (Lipinski definition) is 5. The molecule has 2 aromatic heterocycles. The molecule has 3 nitrogen and oxygen atoms in total. The fraction of sp³-hybridized carbons (Fsp3) is 0.467. The summed E-state index contributed by atoms with van der Waals surface area (Å²) in [6.45, 7) is 6.36. The van der Waals surface area contributed by atoms with Crippen LogP contribution in [0.1, 0.15) is 109 Å². The molecule has 0 radical (unpaired) electrons. The van der Waals surface area contributed by atoms with Gasteiger partial charge in [-0.1, -0.05) is 64.5 Å². The van der Waals surface area contributed by atoms with Crippen LogP contribution in [0.4, 0.5) is 0 Å². The van der Waals surface area contributed by atoms with Gasteiger partial charge in [0.1, 0.15) is 0 Å². The zero-order valence-corrected chi connectivity index (χ0v) is 22.9. The third-order valence-electron chi connectivity index (χ3n) is 6.20. The molecule has 5 heteroatoms. The highest BCUT2D eigenvalue weighted by atomic mass is 32.1. The molecule has 3 aromatic rings. The van der Waals surface area contributed by atoms with Crippen LogP contribution in [0.3, 0.4) is 0 Å². The molecule has 0 N–H and O–H groups in total. The van der Waals surface area contributed by atoms with Crippen molar-refractivity contribution >= 4 is 34.4 Å². The molecule has 0 bridgehead atoms. The first kappa shape index (κ1) is 27.3. The minimum Gasteiger partial charge on any atom is -0.459 e. The van der Waals surface area contributed by atoms with Gasteiger partial charge < -0.3 is 4.74 Å². The van der Waals surface area contributed by atoms with Crippen molar-refractivity contribution in [1.29, 1.82) is 0 Å². The molecular weight excluding hydrogens is 472 g/mol. The molecule has 3 rings (SSSR count). The van der Waals surface area contributed by atoms with Gasteiger partial charge in [-0.25, -0.2) is 4.79 Å². The SMILES string of the molecule is CCCCCCc1ccc(-c2csc(C(=O)c3ccc(C(=O)O[C@@H](C)CCCCCC)cc3)c2)s1. The fourth-order valence-corrected chi connectivity index (χ4v) is 6.03. The van der Waals surface area contributed by atoms with Crippen LogP contribution < -0.4 is 0 Å². The summed E-state index contributed by atoms with van der Waals surface area (Å²) in [5.74, 6) is -0.338. The average Bonchev–Trinajstić information content (AvgIpc) is 3.54. The molecule has 0 aliphatic carbocycles. The van der Waals surface area contributed by atoms with Gasteiger partial charge in [0.15, 0.2) is 0 Å². The van der Waals surface area contributed by atoms with Crippen LogP contribution in [0.25, 0.3) is 10.4 Å². The summed E-state index contributed by atoms with van der Waals surface area (Å²) in [6.07, 6.45) is 11.7. The number of aryl methyl sites for hydroxylation is 1. The molecule has 0 fully saturated rings. The Morgan fingerprint density at radius 3 is 2.26 bits per heavy atom. The largest absolute Gasteiger partial charge is 0.459 e. The highest BCUT2D eigenvalue weighted by molar-refractivity contribution is 7.16. The summed E-state index contributed by atoms with van der Waals surface area (Å²) in [6, 6.07) is 13.2. The normalized spacial score (nSPS) is 12.0. The summed E-state index contributed by atoms with van der Waals surface area (Å²) in [5.41, 5.74) is 2.18. The van der Waals surface area contributed by atoms with E-state index in [1.807, 2.05) is 24.3 Å². The molecule has 0 saturated carbocycles. The van der Waals surface area contributed by atoms with Gasteiger partial charge in [0, 0.05) is 26.3 Å². The molecule has 1 aromatic carbocycles. The number of benzene rings is 1. The summed E-state index contributed by atoms with van der Waals surface area (Å²) in [7, 11) is 0. The van der Waals surface area contributed by atoms with E-state index in [0.29, 0.717) is 16.0 Å². The number of carbonyl (C=O) groups is 2. The predicted molar refractivity (Wildman–Crippen MR) is 149 cm³/mol. The first-order chi connectivity index (χ1) is 17.0. The van der Waals surface area contributed by atoms with Gasteiger partial charge in [0.25, 0.3) is 0 Å². The molecule has 0 saturated heterocycles. The predicted octanol–water partition coefficient (Wildman–Crippen LogP) is 9.35. The highest BCUT2D eigenvalue weighted by Gasteiger charge is 2.16. The van der Waals surface area contributed by atoms with Gasteiger partial charge in [-0.15, -0.1) is 22.7 Å². The Hall–Kier alpha value is -2.24. The first-order valence-corrected chi connectivity index (χ1v) is 14.7. The smallest absolute Gasteiger partial charge is 0.338 e. The van der Waals surface area contributed by atoms with Crippen LogP contribution >= 0.6 is 22.7 Å². The second-order valence-corrected chi connectivity index (χ2v) is 11.3. The van der Waals surface area contributed by atoms with E-state index in [4.69, 9.17) is 4.74 Å². The topological polar surface area (TPSA) is 43.4 Å². The van der Waals surface area contributed by atoms with Crippen molar-refractivity contribution in [2.75, 3.05) is 0 Å². The maximum Gasteiger partial charge on any atom is 0.338 e. The van der Waals surface area contributed by atoms with E-state index in [0.717, 1.165) is 24.8 Å². The van der Waals surface area contributed by atoms with Gasteiger partial charge in [0.2, 0.25) is 5.78 Å². The van der Waals surface area contributed by atoms with Gasteiger partial charge in [-0.2, -0.15) is 0 Å². The van der Waals surface area contributed by atoms with Crippen LogP contribution in [0.2, 0.25) is 0 Å². The second-order valence-electron chi connectivity index (χ2n) is 9.25. The number of hydrogen-bond donors (Lipinski definition) is 0. The van der Waals surface area contributed by atoms with Crippen LogP contribution in [0.15, 0.2) is 47.8 Å². The number of unbranched alkanes of at least 4 members (excludes halogenated alkanes) is 6. The molecule has 0 unspecified atom stereocenters. The van der Waals surface area contributed by atoms with E-state index in [1.54, 1.807) is 24.3 Å². The fourth-order valence-electron chi connectivity index (χ4n) is 4.05. The lowest BCUT2D eigenvalue weighted by atomic mass is 10.1. The molecule has 188 valence electrons. The lowest BCUT2D eigenvalue weighted by molar-refractivity contribution is 0.0319. The molecule has 0 aliphatic heterocycles. The minimum absolute atomic E-state index is 0.0122. The highest BCUT2D eigenvalue weighted by Crippen LogP contribution is 2.33. The number of esters is 1. The minimum atomic E-state index is -0.325. The lowest BCUT2D eigenvalue weighted by Gasteiger charge is -2.13. The van der Waals surface area contributed by atoms with Crippen molar-refractivity contribution in [2.45, 2.75) is 91.1 Å². The van der Waals surface area contributed by atoms with Crippen LogP contribution in [0, 0.1) is 0 Å². The molecule has 35 heavy (non-hydrogen) atoms. The molecular formula is C30H38O3S2. The molecule has 0 spiro atoms. The lowest BCUT2D eigenvalue weighted by Crippen LogP contribution is -2.15. The van der Waals surface area contributed by atoms with Crippen molar-refractivity contribution in [1.82, 2.24) is 0 Å². The van der Waals surface area contributed by atoms with E-state index >= 15 is 0 Å². The monoisotopic (exact) mass is 510 g/mol. The van der Waals surface area contributed by atoms with E-state index in [1.165, 1.54) is 66.0 Å². The van der Waals surface area contributed by atoms with Gasteiger partial charge >= 0.3 is 5.97 Å². The summed E-state index contributed by atoms with van der Waals surface area (Å²) >= 11 is 3.30. The quantitative estimate of drug-likeness (QED) is 0.116. The van der Waals surface area contributed by atoms with Crippen molar-refractivity contribution in [3.05, 3.63) is 68.7 Å². The van der Waals surface area contributed by atoms with E-state index in [2.05, 4.69) is 31.4 Å². The third-order valence-corrected chi connectivity index (χ3v) is 8.32. The Morgan fingerprint density at radius 2 is 1.54 bits per heavy atom. The number of ketones is 1. The first-order valence-electron chi connectivity index (χ1n) is 13.0. The Morgan fingerprint density at radius 1 is 0.857 bits per heavy atom.